The molecule has 1 atom stereocenters. The average molecular weight is 404 g/mol. The summed E-state index contributed by atoms with van der Waals surface area (Å²) in [5.74, 6) is -0.320. The van der Waals surface area contributed by atoms with Crippen molar-refractivity contribution in [3.05, 3.63) is 41.7 Å². The van der Waals surface area contributed by atoms with E-state index in [0.717, 1.165) is 19.1 Å². The Bertz CT molecular complexity index is 926. The molecule has 0 fully saturated rings. The molecule has 0 saturated heterocycles. The number of rotatable bonds is 4. The highest BCUT2D eigenvalue weighted by atomic mass is 32.2. The van der Waals surface area contributed by atoms with Gasteiger partial charge in [-0.05, 0) is 31.2 Å². The van der Waals surface area contributed by atoms with Crippen LogP contribution in [-0.2, 0) is 26.2 Å². The molecular formula is C17H19F3N2O4S. The van der Waals surface area contributed by atoms with Gasteiger partial charge >= 0.3 is 6.18 Å². The van der Waals surface area contributed by atoms with Gasteiger partial charge in [0.1, 0.15) is 11.0 Å². The molecule has 1 N–H and O–H groups in total. The number of anilines is 1. The Kier molecular flexibility index (Phi) is 5.42. The van der Waals surface area contributed by atoms with E-state index in [1.807, 2.05) is 20.8 Å². The lowest BCUT2D eigenvalue weighted by Crippen LogP contribution is -2.32. The number of carbonyl (C=O) groups excluding carboxylic acids is 1. The summed E-state index contributed by atoms with van der Waals surface area (Å²) in [6, 6.07) is 4.45. The normalized spacial score (nSPS) is 14.0. The predicted molar refractivity (Wildman–Crippen MR) is 91.9 cm³/mol. The molecule has 1 heterocycles. The van der Waals surface area contributed by atoms with Crippen LogP contribution in [0.1, 0.15) is 39.0 Å². The zero-order chi connectivity index (χ0) is 20.6. The molecule has 0 spiro atoms. The molecule has 0 aliphatic rings. The molecule has 0 saturated carbocycles. The lowest BCUT2D eigenvalue weighted by molar-refractivity contribution is -0.137. The average Bonchev–Trinajstić information content (AvgIpc) is 3.02. The SMILES string of the molecule is CC(C(=O)Nc1cc(C(C)(C)C)on1)S(=O)(=O)c1ccc(C(F)(F)F)cc1. The molecule has 148 valence electrons. The van der Waals surface area contributed by atoms with E-state index in [1.54, 1.807) is 0 Å². The van der Waals surface area contributed by atoms with E-state index in [0.29, 0.717) is 17.9 Å². The van der Waals surface area contributed by atoms with Crippen molar-refractivity contribution < 1.29 is 30.9 Å². The van der Waals surface area contributed by atoms with E-state index in [4.69, 9.17) is 4.52 Å². The minimum absolute atomic E-state index is 0.0550. The Morgan fingerprint density at radius 2 is 1.70 bits per heavy atom. The Morgan fingerprint density at radius 3 is 2.15 bits per heavy atom. The van der Waals surface area contributed by atoms with Crippen LogP contribution >= 0.6 is 0 Å². The highest BCUT2D eigenvalue weighted by Gasteiger charge is 2.33. The van der Waals surface area contributed by atoms with Crippen LogP contribution in [0, 0.1) is 0 Å². The highest BCUT2D eigenvalue weighted by molar-refractivity contribution is 7.92. The maximum Gasteiger partial charge on any atom is 0.416 e. The van der Waals surface area contributed by atoms with Crippen molar-refractivity contribution in [2.24, 2.45) is 0 Å². The Labute approximate surface area is 154 Å². The predicted octanol–water partition coefficient (Wildman–Crippen LogP) is 3.79. The van der Waals surface area contributed by atoms with Crippen molar-refractivity contribution in [3.8, 4) is 0 Å². The van der Waals surface area contributed by atoms with Crippen molar-refractivity contribution in [1.82, 2.24) is 5.16 Å². The molecule has 0 bridgehead atoms. The Hall–Kier alpha value is -2.36. The van der Waals surface area contributed by atoms with Gasteiger partial charge in [0.05, 0.1) is 10.5 Å². The summed E-state index contributed by atoms with van der Waals surface area (Å²) < 4.78 is 67.9. The van der Waals surface area contributed by atoms with Crippen LogP contribution in [0.15, 0.2) is 39.8 Å². The van der Waals surface area contributed by atoms with Crippen LogP contribution in [0.25, 0.3) is 0 Å². The van der Waals surface area contributed by atoms with Crippen molar-refractivity contribution in [1.29, 1.82) is 0 Å². The standard InChI is InChI=1S/C17H19F3N2O4S/c1-10(15(23)21-14-9-13(26-22-14)16(2,3)4)27(24,25)12-7-5-11(6-8-12)17(18,19)20/h5-10H,1-4H3,(H,21,22,23). The third-order valence-electron chi connectivity index (χ3n) is 3.85. The number of benzene rings is 1. The molecule has 27 heavy (non-hydrogen) atoms. The van der Waals surface area contributed by atoms with Gasteiger partial charge in [0.15, 0.2) is 15.7 Å². The van der Waals surface area contributed by atoms with Gasteiger partial charge in [0.25, 0.3) is 0 Å². The van der Waals surface area contributed by atoms with Crippen LogP contribution in [0.3, 0.4) is 0 Å². The quantitative estimate of drug-likeness (QED) is 0.837. The lowest BCUT2D eigenvalue weighted by Gasteiger charge is -2.13. The molecule has 1 aromatic carbocycles. The first kappa shape index (κ1) is 20.9. The molecule has 0 aliphatic carbocycles. The summed E-state index contributed by atoms with van der Waals surface area (Å²) in [4.78, 5) is 11.9. The topological polar surface area (TPSA) is 89.3 Å². The monoisotopic (exact) mass is 404 g/mol. The second kappa shape index (κ2) is 6.99. The maximum absolute atomic E-state index is 12.6. The molecule has 0 radical (unpaired) electrons. The van der Waals surface area contributed by atoms with Crippen molar-refractivity contribution in [2.45, 2.75) is 49.4 Å². The number of nitrogens with one attached hydrogen (secondary N) is 1. The van der Waals surface area contributed by atoms with Gasteiger partial charge < -0.3 is 9.84 Å². The van der Waals surface area contributed by atoms with Crippen molar-refractivity contribution in [3.63, 3.8) is 0 Å². The number of hydrogen-bond acceptors (Lipinski definition) is 5. The number of sulfone groups is 1. The highest BCUT2D eigenvalue weighted by Crippen LogP contribution is 2.30. The molecular weight excluding hydrogens is 385 g/mol. The number of halogens is 3. The van der Waals surface area contributed by atoms with Gasteiger partial charge in [-0.1, -0.05) is 25.9 Å². The van der Waals surface area contributed by atoms with Crippen LogP contribution in [0.2, 0.25) is 0 Å². The summed E-state index contributed by atoms with van der Waals surface area (Å²) in [6.45, 7) is 6.76. The third-order valence-corrected chi connectivity index (χ3v) is 5.92. The Balaban J connectivity index is 2.18. The maximum atomic E-state index is 12.6. The van der Waals surface area contributed by atoms with E-state index in [-0.39, 0.29) is 16.1 Å². The summed E-state index contributed by atoms with van der Waals surface area (Å²) in [7, 11) is -4.18. The van der Waals surface area contributed by atoms with Crippen LogP contribution in [0.5, 0.6) is 0 Å². The largest absolute Gasteiger partial charge is 0.416 e. The number of hydrogen-bond donors (Lipinski definition) is 1. The zero-order valence-corrected chi connectivity index (χ0v) is 15.9. The second-order valence-corrected chi connectivity index (χ2v) is 9.29. The van der Waals surface area contributed by atoms with Gasteiger partial charge in [0.2, 0.25) is 5.91 Å². The number of nitrogens with zero attached hydrogens (tertiary/aromatic N) is 1. The molecule has 1 aromatic heterocycles. The molecule has 0 aliphatic heterocycles. The molecule has 2 aromatic rings. The lowest BCUT2D eigenvalue weighted by atomic mass is 9.93. The number of amides is 1. The minimum atomic E-state index is -4.58. The summed E-state index contributed by atoms with van der Waals surface area (Å²) in [5, 5.41) is 4.48. The Morgan fingerprint density at radius 1 is 1.15 bits per heavy atom. The van der Waals surface area contributed by atoms with Crippen molar-refractivity contribution in [2.75, 3.05) is 5.32 Å². The molecule has 2 rings (SSSR count). The van der Waals surface area contributed by atoms with E-state index in [9.17, 15) is 26.4 Å². The van der Waals surface area contributed by atoms with E-state index in [1.165, 1.54) is 6.07 Å². The van der Waals surface area contributed by atoms with E-state index >= 15 is 0 Å². The first-order valence-electron chi connectivity index (χ1n) is 7.92. The first-order valence-corrected chi connectivity index (χ1v) is 9.47. The molecule has 1 amide bonds. The van der Waals surface area contributed by atoms with Gasteiger partial charge in [-0.2, -0.15) is 13.2 Å². The van der Waals surface area contributed by atoms with E-state index < -0.39 is 32.7 Å². The minimum Gasteiger partial charge on any atom is -0.359 e. The zero-order valence-electron chi connectivity index (χ0n) is 15.1. The second-order valence-electron chi connectivity index (χ2n) is 7.03. The summed E-state index contributed by atoms with van der Waals surface area (Å²) >= 11 is 0. The third kappa shape index (κ3) is 4.68. The smallest absolute Gasteiger partial charge is 0.359 e. The number of alkyl halides is 3. The van der Waals surface area contributed by atoms with Gasteiger partial charge in [-0.25, -0.2) is 8.42 Å². The fourth-order valence-corrected chi connectivity index (χ4v) is 3.36. The summed E-state index contributed by atoms with van der Waals surface area (Å²) in [5.41, 5.74) is -1.33. The van der Waals surface area contributed by atoms with E-state index in [2.05, 4.69) is 10.5 Å². The van der Waals surface area contributed by atoms with Crippen LogP contribution in [0.4, 0.5) is 19.0 Å². The fourth-order valence-electron chi connectivity index (χ4n) is 2.09. The fraction of sp³-hybridized carbons (Fsp3) is 0.412. The summed E-state index contributed by atoms with van der Waals surface area (Å²) in [6.07, 6.45) is -4.58. The van der Waals surface area contributed by atoms with Crippen molar-refractivity contribution >= 4 is 21.6 Å². The van der Waals surface area contributed by atoms with Gasteiger partial charge in [0, 0.05) is 11.5 Å². The van der Waals surface area contributed by atoms with Crippen LogP contribution in [-0.4, -0.2) is 24.7 Å². The van der Waals surface area contributed by atoms with Gasteiger partial charge in [-0.3, -0.25) is 4.79 Å². The first-order chi connectivity index (χ1) is 12.2. The number of aromatic nitrogens is 1. The number of carbonyl (C=O) groups is 1. The van der Waals surface area contributed by atoms with Gasteiger partial charge in [-0.15, -0.1) is 0 Å². The molecule has 1 unspecified atom stereocenters. The molecule has 6 nitrogen and oxygen atoms in total. The van der Waals surface area contributed by atoms with Crippen LogP contribution < -0.4 is 5.32 Å². The molecule has 10 heteroatoms.